The number of nitrogens with one attached hydrogen (secondary N) is 1. The van der Waals surface area contributed by atoms with Gasteiger partial charge in [0.05, 0.1) is 5.03 Å². The van der Waals surface area contributed by atoms with E-state index in [9.17, 15) is 0 Å². The van der Waals surface area contributed by atoms with E-state index in [1.165, 1.54) is 11.8 Å². The second-order valence-corrected chi connectivity index (χ2v) is 6.71. The Hall–Kier alpha value is -0.670. The van der Waals surface area contributed by atoms with Gasteiger partial charge in [-0.3, -0.25) is 0 Å². The summed E-state index contributed by atoms with van der Waals surface area (Å²) in [6.07, 6.45) is 0. The third-order valence-corrected chi connectivity index (χ3v) is 3.28. The summed E-state index contributed by atoms with van der Waals surface area (Å²) in [5.41, 5.74) is 6.48. The molecule has 0 fully saturated rings. The normalized spacial score (nSPS) is 12.1. The Balaban J connectivity index is 4.32. The Morgan fingerprint density at radius 2 is 1.50 bits per heavy atom. The van der Waals surface area contributed by atoms with Gasteiger partial charge in [-0.2, -0.15) is 0 Å². The lowest BCUT2D eigenvalue weighted by Gasteiger charge is -2.26. The van der Waals surface area contributed by atoms with Crippen molar-refractivity contribution in [1.82, 2.24) is 5.32 Å². The highest BCUT2D eigenvalue weighted by molar-refractivity contribution is 8.06. The number of rotatable bonds is 5. The molecule has 0 atom stereocenters. The Kier molecular flexibility index (Phi) is 4.89. The van der Waals surface area contributed by atoms with E-state index in [2.05, 4.69) is 45.8 Å². The summed E-state index contributed by atoms with van der Waals surface area (Å²) in [5, 5.41) is 3.99. The van der Waals surface area contributed by atoms with E-state index in [-0.39, 0.29) is 5.41 Å². The third-order valence-electron chi connectivity index (χ3n) is 2.16. The van der Waals surface area contributed by atoms with Crippen molar-refractivity contribution in [2.45, 2.75) is 40.2 Å². The maximum atomic E-state index is 5.93. The van der Waals surface area contributed by atoms with E-state index in [1.807, 2.05) is 13.8 Å². The standard InChI is InChI=1S/C13H24N2S/c1-9(12(4,5)6)15-11(3)16-10(2)13(7,8)14/h15H,1-3,14H2,4-8H3. The van der Waals surface area contributed by atoms with E-state index < -0.39 is 5.54 Å². The molecule has 0 unspecified atom stereocenters. The smallest absolute Gasteiger partial charge is 0.0695 e. The maximum Gasteiger partial charge on any atom is 0.0695 e. The maximum absolute atomic E-state index is 5.93. The minimum Gasteiger partial charge on any atom is -0.354 e. The van der Waals surface area contributed by atoms with Crippen LogP contribution >= 0.6 is 11.8 Å². The minimum atomic E-state index is -0.404. The number of hydrogen-bond donors (Lipinski definition) is 2. The molecule has 0 spiro atoms. The highest BCUT2D eigenvalue weighted by Crippen LogP contribution is 2.30. The van der Waals surface area contributed by atoms with Gasteiger partial charge in [-0.1, -0.05) is 52.3 Å². The lowest BCUT2D eigenvalue weighted by Crippen LogP contribution is -2.33. The zero-order chi connectivity index (χ0) is 13.1. The molecular weight excluding hydrogens is 216 g/mol. The summed E-state index contributed by atoms with van der Waals surface area (Å²) in [6, 6.07) is 0. The fourth-order valence-corrected chi connectivity index (χ4v) is 1.40. The fraction of sp³-hybridized carbons (Fsp3) is 0.538. The molecule has 0 radical (unpaired) electrons. The predicted molar refractivity (Wildman–Crippen MR) is 75.9 cm³/mol. The molecule has 0 aliphatic carbocycles. The summed E-state index contributed by atoms with van der Waals surface area (Å²) in [6.45, 7) is 22.0. The van der Waals surface area contributed by atoms with Gasteiger partial charge in [0, 0.05) is 21.6 Å². The van der Waals surface area contributed by atoms with Gasteiger partial charge in [-0.25, -0.2) is 0 Å². The second-order valence-electron chi connectivity index (χ2n) is 5.52. The van der Waals surface area contributed by atoms with E-state index >= 15 is 0 Å². The van der Waals surface area contributed by atoms with Crippen molar-refractivity contribution in [3.63, 3.8) is 0 Å². The lowest BCUT2D eigenvalue weighted by molar-refractivity contribution is 0.480. The van der Waals surface area contributed by atoms with Gasteiger partial charge < -0.3 is 11.1 Å². The molecule has 0 amide bonds. The van der Waals surface area contributed by atoms with Crippen LogP contribution in [-0.2, 0) is 0 Å². The molecule has 2 nitrogen and oxygen atoms in total. The van der Waals surface area contributed by atoms with Crippen LogP contribution in [0.2, 0.25) is 0 Å². The average molecular weight is 240 g/mol. The molecule has 0 rings (SSSR count). The molecule has 0 aromatic rings. The molecule has 16 heavy (non-hydrogen) atoms. The first-order valence-electron chi connectivity index (χ1n) is 5.26. The largest absolute Gasteiger partial charge is 0.354 e. The highest BCUT2D eigenvalue weighted by Gasteiger charge is 2.19. The van der Waals surface area contributed by atoms with E-state index in [1.54, 1.807) is 0 Å². The van der Waals surface area contributed by atoms with Gasteiger partial charge in [0.25, 0.3) is 0 Å². The second kappa shape index (κ2) is 5.11. The Labute approximate surface area is 104 Å². The molecule has 3 heteroatoms. The van der Waals surface area contributed by atoms with Crippen LogP contribution in [0.1, 0.15) is 34.6 Å². The SMILES string of the molecule is C=C(NC(=C)C(C)(C)C)SC(=C)C(C)(C)N. The van der Waals surface area contributed by atoms with Gasteiger partial charge in [0.15, 0.2) is 0 Å². The minimum absolute atomic E-state index is 0.0169. The van der Waals surface area contributed by atoms with Gasteiger partial charge in [-0.15, -0.1) is 0 Å². The summed E-state index contributed by atoms with van der Waals surface area (Å²) in [7, 11) is 0. The van der Waals surface area contributed by atoms with E-state index in [0.717, 1.165) is 15.6 Å². The molecule has 0 saturated heterocycles. The fourth-order valence-electron chi connectivity index (χ4n) is 0.662. The monoisotopic (exact) mass is 240 g/mol. The van der Waals surface area contributed by atoms with Crippen molar-refractivity contribution in [2.24, 2.45) is 11.1 Å². The molecular formula is C13H24N2S. The molecule has 0 heterocycles. The molecule has 0 aliphatic rings. The van der Waals surface area contributed by atoms with E-state index in [4.69, 9.17) is 5.73 Å². The van der Waals surface area contributed by atoms with Crippen LogP contribution in [0.25, 0.3) is 0 Å². The topological polar surface area (TPSA) is 38.0 Å². The van der Waals surface area contributed by atoms with Crippen molar-refractivity contribution in [3.05, 3.63) is 35.4 Å². The Morgan fingerprint density at radius 1 is 1.06 bits per heavy atom. The number of nitrogens with two attached hydrogens (primary N) is 1. The summed E-state index contributed by atoms with van der Waals surface area (Å²) < 4.78 is 0. The van der Waals surface area contributed by atoms with Crippen LogP contribution in [0, 0.1) is 5.41 Å². The molecule has 92 valence electrons. The third kappa shape index (κ3) is 5.42. The quantitative estimate of drug-likeness (QED) is 0.771. The number of hydrogen-bond acceptors (Lipinski definition) is 3. The molecule has 0 aliphatic heterocycles. The molecule has 0 aromatic heterocycles. The van der Waals surface area contributed by atoms with Crippen LogP contribution in [-0.4, -0.2) is 5.54 Å². The zero-order valence-electron chi connectivity index (χ0n) is 11.1. The first-order chi connectivity index (χ1) is 6.94. The van der Waals surface area contributed by atoms with Crippen LogP contribution in [0.5, 0.6) is 0 Å². The summed E-state index contributed by atoms with van der Waals surface area (Å²) in [5.74, 6) is 0. The van der Waals surface area contributed by atoms with Gasteiger partial charge >= 0.3 is 0 Å². The Bertz CT molecular complexity index is 273. The van der Waals surface area contributed by atoms with Crippen molar-refractivity contribution in [3.8, 4) is 0 Å². The van der Waals surface area contributed by atoms with Gasteiger partial charge in [-0.05, 0) is 13.8 Å². The zero-order valence-corrected chi connectivity index (χ0v) is 11.9. The molecule has 0 aromatic carbocycles. The molecule has 0 saturated carbocycles. The van der Waals surface area contributed by atoms with Gasteiger partial charge in [0.2, 0.25) is 0 Å². The van der Waals surface area contributed by atoms with Crippen molar-refractivity contribution in [1.29, 1.82) is 0 Å². The number of thioether (sulfide) groups is 1. The van der Waals surface area contributed by atoms with E-state index in [0.29, 0.717) is 0 Å². The first kappa shape index (κ1) is 15.3. The van der Waals surface area contributed by atoms with Crippen LogP contribution in [0.15, 0.2) is 35.4 Å². The summed E-state index contributed by atoms with van der Waals surface area (Å²) in [4.78, 5) is 0.881. The van der Waals surface area contributed by atoms with Crippen molar-refractivity contribution >= 4 is 11.8 Å². The predicted octanol–water partition coefficient (Wildman–Crippen LogP) is 3.59. The summed E-state index contributed by atoms with van der Waals surface area (Å²) >= 11 is 1.47. The van der Waals surface area contributed by atoms with Crippen LogP contribution in [0.3, 0.4) is 0 Å². The van der Waals surface area contributed by atoms with Crippen LogP contribution in [0.4, 0.5) is 0 Å². The molecule has 3 N–H and O–H groups in total. The van der Waals surface area contributed by atoms with Crippen molar-refractivity contribution < 1.29 is 0 Å². The Morgan fingerprint density at radius 3 is 1.81 bits per heavy atom. The average Bonchev–Trinajstić information content (AvgIpc) is 1.99. The van der Waals surface area contributed by atoms with Crippen LogP contribution < -0.4 is 11.1 Å². The highest BCUT2D eigenvalue weighted by atomic mass is 32.2. The first-order valence-corrected chi connectivity index (χ1v) is 6.07. The lowest BCUT2D eigenvalue weighted by atomic mass is 9.93. The number of allylic oxidation sites excluding steroid dienone is 1. The molecule has 0 bridgehead atoms. The van der Waals surface area contributed by atoms with Crippen molar-refractivity contribution in [2.75, 3.05) is 0 Å². The van der Waals surface area contributed by atoms with Gasteiger partial charge in [0.1, 0.15) is 0 Å².